The molecule has 1 aliphatic carbocycles. The van der Waals surface area contributed by atoms with Crippen molar-refractivity contribution < 1.29 is 10.2 Å². The Hall–Kier alpha value is -3.04. The number of hydrogen-bond donors (Lipinski definition) is 3. The van der Waals surface area contributed by atoms with Crippen LogP contribution in [0.5, 0.6) is 0 Å². The van der Waals surface area contributed by atoms with Crippen molar-refractivity contribution in [2.75, 3.05) is 24.6 Å². The zero-order chi connectivity index (χ0) is 23.2. The standard InChI is InChI=1S/C25H31N7O2/c1-15-3-2-4-18(9-15)32-14-28-19-10-16(5-6-20(19)32)22-23-24(27-13-26-23)30-25(29-22)31-8-7-17(12-33)21(34)11-31/h5-6,10,13-15,17-18,21,33-34H,2-4,7-9,11-12H2,1H3,(H,26,27,29,30). The summed E-state index contributed by atoms with van der Waals surface area (Å²) >= 11 is 0. The van der Waals surface area contributed by atoms with Crippen LogP contribution in [0.2, 0.25) is 0 Å². The number of anilines is 1. The third kappa shape index (κ3) is 3.73. The summed E-state index contributed by atoms with van der Waals surface area (Å²) in [6.45, 7) is 3.41. The van der Waals surface area contributed by atoms with Crippen molar-refractivity contribution in [2.24, 2.45) is 11.8 Å². The van der Waals surface area contributed by atoms with E-state index in [-0.39, 0.29) is 12.5 Å². The van der Waals surface area contributed by atoms with Gasteiger partial charge in [0.15, 0.2) is 5.65 Å². The molecule has 0 amide bonds. The van der Waals surface area contributed by atoms with E-state index < -0.39 is 6.10 Å². The molecule has 3 N–H and O–H groups in total. The quantitative estimate of drug-likeness (QED) is 0.427. The first kappa shape index (κ1) is 21.5. The number of aliphatic hydroxyl groups is 2. The molecule has 6 rings (SSSR count). The van der Waals surface area contributed by atoms with Crippen molar-refractivity contribution in [1.82, 2.24) is 29.5 Å². The molecular weight excluding hydrogens is 430 g/mol. The summed E-state index contributed by atoms with van der Waals surface area (Å²) in [7, 11) is 0. The number of nitrogens with zero attached hydrogens (tertiary/aromatic N) is 6. The molecule has 9 heteroatoms. The first-order valence-corrected chi connectivity index (χ1v) is 12.3. The largest absolute Gasteiger partial charge is 0.396 e. The molecule has 0 radical (unpaired) electrons. The topological polar surface area (TPSA) is 116 Å². The normalized spacial score (nSPS) is 25.9. The number of aromatic nitrogens is 6. The van der Waals surface area contributed by atoms with Crippen molar-refractivity contribution in [2.45, 2.75) is 51.2 Å². The second-order valence-corrected chi connectivity index (χ2v) is 10.00. The maximum Gasteiger partial charge on any atom is 0.228 e. The van der Waals surface area contributed by atoms with Gasteiger partial charge in [0.25, 0.3) is 0 Å². The highest BCUT2D eigenvalue weighted by Crippen LogP contribution is 2.35. The lowest BCUT2D eigenvalue weighted by molar-refractivity contribution is 0.0544. The van der Waals surface area contributed by atoms with E-state index in [0.29, 0.717) is 37.1 Å². The fourth-order valence-electron chi connectivity index (χ4n) is 5.67. The van der Waals surface area contributed by atoms with Crippen molar-refractivity contribution in [3.8, 4) is 11.3 Å². The monoisotopic (exact) mass is 461 g/mol. The number of aromatic amines is 1. The van der Waals surface area contributed by atoms with Gasteiger partial charge in [0.05, 0.1) is 29.8 Å². The van der Waals surface area contributed by atoms with E-state index in [4.69, 9.17) is 9.97 Å². The van der Waals surface area contributed by atoms with Crippen LogP contribution in [0.25, 0.3) is 33.5 Å². The van der Waals surface area contributed by atoms with Crippen molar-refractivity contribution in [3.63, 3.8) is 0 Å². The highest BCUT2D eigenvalue weighted by atomic mass is 16.3. The van der Waals surface area contributed by atoms with Crippen LogP contribution < -0.4 is 4.90 Å². The van der Waals surface area contributed by atoms with Crippen LogP contribution in [0.3, 0.4) is 0 Å². The highest BCUT2D eigenvalue weighted by Gasteiger charge is 2.29. The van der Waals surface area contributed by atoms with Gasteiger partial charge < -0.3 is 24.7 Å². The molecule has 4 unspecified atom stereocenters. The predicted octanol–water partition coefficient (Wildman–Crippen LogP) is 3.30. The summed E-state index contributed by atoms with van der Waals surface area (Å²) in [4.78, 5) is 23.8. The number of rotatable bonds is 4. The average molecular weight is 462 g/mol. The molecule has 1 saturated carbocycles. The molecule has 1 aromatic carbocycles. The van der Waals surface area contributed by atoms with Crippen molar-refractivity contribution in [3.05, 3.63) is 30.9 Å². The number of fused-ring (bicyclic) bond motifs is 2. The Morgan fingerprint density at radius 1 is 1.15 bits per heavy atom. The lowest BCUT2D eigenvalue weighted by atomic mass is 9.87. The van der Waals surface area contributed by atoms with Crippen LogP contribution in [0.4, 0.5) is 5.95 Å². The summed E-state index contributed by atoms with van der Waals surface area (Å²) < 4.78 is 2.35. The number of H-pyrrole nitrogens is 1. The number of hydrogen-bond acceptors (Lipinski definition) is 7. The summed E-state index contributed by atoms with van der Waals surface area (Å²) in [6, 6.07) is 6.86. The summed E-state index contributed by atoms with van der Waals surface area (Å²) in [5, 5.41) is 19.9. The van der Waals surface area contributed by atoms with Crippen molar-refractivity contribution >= 4 is 28.1 Å². The summed E-state index contributed by atoms with van der Waals surface area (Å²) in [6.07, 6.45) is 8.71. The van der Waals surface area contributed by atoms with Gasteiger partial charge in [0.1, 0.15) is 11.2 Å². The molecule has 2 aliphatic rings. The zero-order valence-corrected chi connectivity index (χ0v) is 19.4. The molecule has 3 aromatic heterocycles. The van der Waals surface area contributed by atoms with Crippen LogP contribution in [0, 0.1) is 11.8 Å². The molecule has 178 valence electrons. The summed E-state index contributed by atoms with van der Waals surface area (Å²) in [5.41, 5.74) is 5.24. The van der Waals surface area contributed by atoms with Gasteiger partial charge in [-0.25, -0.2) is 15.0 Å². The first-order chi connectivity index (χ1) is 16.6. The van der Waals surface area contributed by atoms with Gasteiger partial charge in [-0.15, -0.1) is 0 Å². The minimum atomic E-state index is -0.608. The average Bonchev–Trinajstić information content (AvgIpc) is 3.50. The van der Waals surface area contributed by atoms with Gasteiger partial charge >= 0.3 is 0 Å². The Labute approximate surface area is 197 Å². The van der Waals surface area contributed by atoms with Crippen LogP contribution in [-0.4, -0.2) is 65.5 Å². The van der Waals surface area contributed by atoms with Crippen molar-refractivity contribution in [1.29, 1.82) is 0 Å². The molecule has 4 atom stereocenters. The number of nitrogens with one attached hydrogen (secondary N) is 1. The predicted molar refractivity (Wildman–Crippen MR) is 130 cm³/mol. The van der Waals surface area contributed by atoms with E-state index in [2.05, 4.69) is 44.6 Å². The molecule has 4 aromatic rings. The molecule has 0 bridgehead atoms. The molecule has 2 fully saturated rings. The Balaban J connectivity index is 1.37. The Kier molecular flexibility index (Phi) is 5.45. The minimum absolute atomic E-state index is 0.00799. The van der Waals surface area contributed by atoms with E-state index in [1.54, 1.807) is 6.33 Å². The first-order valence-electron chi connectivity index (χ1n) is 12.3. The fourth-order valence-corrected chi connectivity index (χ4v) is 5.67. The van der Waals surface area contributed by atoms with Gasteiger partial charge in [-0.1, -0.05) is 25.8 Å². The minimum Gasteiger partial charge on any atom is -0.396 e. The second kappa shape index (κ2) is 8.63. The van der Waals surface area contributed by atoms with E-state index in [1.165, 1.54) is 25.7 Å². The molecule has 1 saturated heterocycles. The van der Waals surface area contributed by atoms with E-state index in [9.17, 15) is 10.2 Å². The number of imidazole rings is 2. The molecule has 4 heterocycles. The Morgan fingerprint density at radius 3 is 2.88 bits per heavy atom. The molecule has 9 nitrogen and oxygen atoms in total. The van der Waals surface area contributed by atoms with Gasteiger partial charge in [0.2, 0.25) is 5.95 Å². The van der Waals surface area contributed by atoms with E-state index in [0.717, 1.165) is 33.7 Å². The Morgan fingerprint density at radius 2 is 2.06 bits per heavy atom. The van der Waals surface area contributed by atoms with Gasteiger partial charge in [0, 0.05) is 37.2 Å². The zero-order valence-electron chi connectivity index (χ0n) is 19.4. The van der Waals surface area contributed by atoms with Crippen LogP contribution in [0.15, 0.2) is 30.9 Å². The lowest BCUT2D eigenvalue weighted by Crippen LogP contribution is -2.45. The Bertz CT molecular complexity index is 1320. The SMILES string of the molecule is CC1CCCC(n2cnc3cc(-c4nc(N5CCC(CO)C(O)C5)nc5nc[nH]c45)ccc32)C1. The van der Waals surface area contributed by atoms with E-state index in [1.807, 2.05) is 11.2 Å². The summed E-state index contributed by atoms with van der Waals surface area (Å²) in [5.74, 6) is 1.20. The van der Waals surface area contributed by atoms with Gasteiger partial charge in [-0.05, 0) is 37.3 Å². The smallest absolute Gasteiger partial charge is 0.228 e. The number of piperidine rings is 1. The fraction of sp³-hybridized carbons (Fsp3) is 0.520. The molecule has 0 spiro atoms. The number of benzene rings is 1. The second-order valence-electron chi connectivity index (χ2n) is 10.00. The van der Waals surface area contributed by atoms with E-state index >= 15 is 0 Å². The maximum atomic E-state index is 10.4. The van der Waals surface area contributed by atoms with Gasteiger partial charge in [-0.3, -0.25) is 0 Å². The third-order valence-electron chi connectivity index (χ3n) is 7.66. The lowest BCUT2D eigenvalue weighted by Gasteiger charge is -2.35. The molecule has 1 aliphatic heterocycles. The van der Waals surface area contributed by atoms with Gasteiger partial charge in [-0.2, -0.15) is 4.98 Å². The van der Waals surface area contributed by atoms with Crippen LogP contribution in [-0.2, 0) is 0 Å². The number of β-amino-alcohol motifs (C(OH)–C–C–N with tert-alkyl or cyclic N) is 1. The number of aliphatic hydroxyl groups excluding tert-OH is 2. The maximum absolute atomic E-state index is 10.4. The molecular formula is C25H31N7O2. The molecule has 34 heavy (non-hydrogen) atoms. The highest BCUT2D eigenvalue weighted by molar-refractivity contribution is 5.91. The van der Waals surface area contributed by atoms with Crippen LogP contribution in [0.1, 0.15) is 45.1 Å². The third-order valence-corrected chi connectivity index (χ3v) is 7.66. The van der Waals surface area contributed by atoms with Crippen LogP contribution >= 0.6 is 0 Å².